The van der Waals surface area contributed by atoms with Crippen molar-refractivity contribution in [3.8, 4) is 11.4 Å². The first-order valence-electron chi connectivity index (χ1n) is 10.1. The van der Waals surface area contributed by atoms with Crippen LogP contribution in [-0.4, -0.2) is 52.7 Å². The highest BCUT2D eigenvalue weighted by atomic mass is 32.1. The average Bonchev–Trinajstić information content (AvgIpc) is 3.24. The molecule has 1 saturated heterocycles. The summed E-state index contributed by atoms with van der Waals surface area (Å²) in [6, 6.07) is 7.39. The topological polar surface area (TPSA) is 100 Å². The van der Waals surface area contributed by atoms with Gasteiger partial charge >= 0.3 is 0 Å². The zero-order valence-electron chi connectivity index (χ0n) is 16.6. The number of thiazole rings is 1. The number of aromatic nitrogens is 3. The van der Waals surface area contributed by atoms with Crippen LogP contribution in [0.4, 0.5) is 10.8 Å². The maximum Gasteiger partial charge on any atom is 0.255 e. The molecule has 156 valence electrons. The van der Waals surface area contributed by atoms with Gasteiger partial charge in [-0.3, -0.25) is 9.69 Å². The lowest BCUT2D eigenvalue weighted by Crippen LogP contribution is -2.36. The van der Waals surface area contributed by atoms with E-state index in [0.717, 1.165) is 67.8 Å². The quantitative estimate of drug-likeness (QED) is 0.617. The predicted octanol–water partition coefficient (Wildman–Crippen LogP) is 1.87. The number of nitrogens with two attached hydrogens (primary N) is 1. The number of benzene rings is 1. The lowest BCUT2D eigenvalue weighted by Gasteiger charge is -2.27. The summed E-state index contributed by atoms with van der Waals surface area (Å²) in [6.45, 7) is 5.56. The molecule has 8 nitrogen and oxygen atoms in total. The minimum absolute atomic E-state index is 0.0603. The van der Waals surface area contributed by atoms with Crippen molar-refractivity contribution in [1.82, 2.24) is 19.9 Å². The lowest BCUT2D eigenvalue weighted by molar-refractivity contribution is 0.122. The van der Waals surface area contributed by atoms with Crippen LogP contribution in [0.2, 0.25) is 0 Å². The highest BCUT2D eigenvalue weighted by molar-refractivity contribution is 7.15. The van der Waals surface area contributed by atoms with Gasteiger partial charge in [-0.25, -0.2) is 9.97 Å². The molecule has 1 aromatic carbocycles. The van der Waals surface area contributed by atoms with Crippen molar-refractivity contribution in [1.29, 1.82) is 0 Å². The molecule has 0 aliphatic carbocycles. The molecular formula is C21H24N6O2S. The Hall–Kier alpha value is -2.75. The Bertz CT molecular complexity index is 1090. The second kappa shape index (κ2) is 8.17. The first kappa shape index (κ1) is 19.2. The van der Waals surface area contributed by atoms with Gasteiger partial charge in [-0.15, -0.1) is 11.3 Å². The molecule has 3 aromatic rings. The molecule has 5 rings (SSSR count). The van der Waals surface area contributed by atoms with Gasteiger partial charge in [0.15, 0.2) is 5.13 Å². The standard InChI is InChI=1S/C21H24N6O2S/c22-15-3-1-14(2-4-15)19-24-18-5-6-26(13-17(18)20(28)25-19)12-16-11-23-21(30-16)27-7-9-29-10-8-27/h1-4,11H,5-10,12-13,22H2,(H,24,25,28). The Labute approximate surface area is 178 Å². The van der Waals surface area contributed by atoms with Crippen molar-refractivity contribution in [2.45, 2.75) is 19.5 Å². The number of morpholine rings is 1. The predicted molar refractivity (Wildman–Crippen MR) is 118 cm³/mol. The third-order valence-electron chi connectivity index (χ3n) is 5.53. The summed E-state index contributed by atoms with van der Waals surface area (Å²) in [5.74, 6) is 0.602. The van der Waals surface area contributed by atoms with Gasteiger partial charge in [-0.1, -0.05) is 0 Å². The van der Waals surface area contributed by atoms with Crippen LogP contribution in [0.1, 0.15) is 16.1 Å². The van der Waals surface area contributed by atoms with Gasteiger partial charge in [-0.05, 0) is 24.3 Å². The Balaban J connectivity index is 1.30. The fourth-order valence-corrected chi connectivity index (χ4v) is 4.89. The molecule has 0 saturated carbocycles. The van der Waals surface area contributed by atoms with Gasteiger partial charge in [0, 0.05) is 61.5 Å². The molecule has 2 aliphatic rings. The van der Waals surface area contributed by atoms with E-state index in [4.69, 9.17) is 15.5 Å². The molecule has 2 aliphatic heterocycles. The van der Waals surface area contributed by atoms with Crippen LogP contribution >= 0.6 is 11.3 Å². The molecule has 0 bridgehead atoms. The largest absolute Gasteiger partial charge is 0.399 e. The summed E-state index contributed by atoms with van der Waals surface area (Å²) in [6.07, 6.45) is 2.72. The monoisotopic (exact) mass is 424 g/mol. The zero-order valence-corrected chi connectivity index (χ0v) is 17.5. The normalized spacial score (nSPS) is 17.1. The van der Waals surface area contributed by atoms with Gasteiger partial charge in [-0.2, -0.15) is 0 Å². The molecule has 0 atom stereocenters. The summed E-state index contributed by atoms with van der Waals surface area (Å²) in [5.41, 5.74) is 8.91. The second-order valence-corrected chi connectivity index (χ2v) is 8.72. The summed E-state index contributed by atoms with van der Waals surface area (Å²) < 4.78 is 5.42. The fourth-order valence-electron chi connectivity index (χ4n) is 3.89. The summed E-state index contributed by atoms with van der Waals surface area (Å²) in [7, 11) is 0. The number of fused-ring (bicyclic) bond motifs is 1. The number of nitrogen functional groups attached to an aromatic ring is 1. The first-order valence-corrected chi connectivity index (χ1v) is 10.9. The molecule has 0 unspecified atom stereocenters. The SMILES string of the molecule is Nc1ccc(-c2nc3c(c(=O)[nH]2)CN(Cc2cnc(N4CCOCC4)s2)CC3)cc1. The third kappa shape index (κ3) is 3.96. The van der Waals surface area contributed by atoms with Crippen LogP contribution in [0.15, 0.2) is 35.3 Å². The van der Waals surface area contributed by atoms with Gasteiger partial charge in [0.25, 0.3) is 5.56 Å². The number of ether oxygens (including phenoxy) is 1. The molecule has 3 N–H and O–H groups in total. The minimum Gasteiger partial charge on any atom is -0.399 e. The van der Waals surface area contributed by atoms with E-state index in [1.807, 2.05) is 30.5 Å². The van der Waals surface area contributed by atoms with Crippen LogP contribution in [-0.2, 0) is 24.2 Å². The highest BCUT2D eigenvalue weighted by Gasteiger charge is 2.23. The molecule has 1 fully saturated rings. The van der Waals surface area contributed by atoms with Crippen molar-refractivity contribution in [2.24, 2.45) is 0 Å². The van der Waals surface area contributed by atoms with E-state index in [1.165, 1.54) is 4.88 Å². The first-order chi connectivity index (χ1) is 14.7. The van der Waals surface area contributed by atoms with E-state index in [2.05, 4.69) is 19.8 Å². The Morgan fingerprint density at radius 2 is 1.97 bits per heavy atom. The molecular weight excluding hydrogens is 400 g/mol. The smallest absolute Gasteiger partial charge is 0.255 e. The molecule has 9 heteroatoms. The van der Waals surface area contributed by atoms with Gasteiger partial charge in [0.05, 0.1) is 24.5 Å². The van der Waals surface area contributed by atoms with Crippen molar-refractivity contribution in [3.05, 3.63) is 57.0 Å². The molecule has 0 spiro atoms. The van der Waals surface area contributed by atoms with Crippen molar-refractivity contribution < 1.29 is 4.74 Å². The fraction of sp³-hybridized carbons (Fsp3) is 0.381. The highest BCUT2D eigenvalue weighted by Crippen LogP contribution is 2.26. The zero-order chi connectivity index (χ0) is 20.5. The van der Waals surface area contributed by atoms with E-state index in [-0.39, 0.29) is 5.56 Å². The average molecular weight is 425 g/mol. The van der Waals surface area contributed by atoms with Gasteiger partial charge in [0.1, 0.15) is 5.82 Å². The minimum atomic E-state index is -0.0603. The number of hydrogen-bond donors (Lipinski definition) is 2. The number of aromatic amines is 1. The van der Waals surface area contributed by atoms with E-state index in [9.17, 15) is 4.79 Å². The van der Waals surface area contributed by atoms with E-state index in [1.54, 1.807) is 11.3 Å². The number of H-pyrrole nitrogens is 1. The van der Waals surface area contributed by atoms with Gasteiger partial charge in [0.2, 0.25) is 0 Å². The second-order valence-electron chi connectivity index (χ2n) is 7.63. The number of hydrogen-bond acceptors (Lipinski definition) is 8. The summed E-state index contributed by atoms with van der Waals surface area (Å²) in [4.78, 5) is 30.8. The number of rotatable bonds is 4. The molecule has 0 radical (unpaired) electrons. The van der Waals surface area contributed by atoms with Crippen LogP contribution in [0.25, 0.3) is 11.4 Å². The van der Waals surface area contributed by atoms with Crippen molar-refractivity contribution in [2.75, 3.05) is 43.5 Å². The van der Waals surface area contributed by atoms with Crippen molar-refractivity contribution in [3.63, 3.8) is 0 Å². The van der Waals surface area contributed by atoms with Crippen LogP contribution in [0.5, 0.6) is 0 Å². The van der Waals surface area contributed by atoms with Crippen molar-refractivity contribution >= 4 is 22.2 Å². The maximum atomic E-state index is 12.8. The van der Waals surface area contributed by atoms with E-state index < -0.39 is 0 Å². The number of anilines is 2. The van der Waals surface area contributed by atoms with Crippen LogP contribution in [0, 0.1) is 0 Å². The molecule has 30 heavy (non-hydrogen) atoms. The summed E-state index contributed by atoms with van der Waals surface area (Å²) >= 11 is 1.73. The summed E-state index contributed by atoms with van der Waals surface area (Å²) in [5, 5.41) is 1.05. The van der Waals surface area contributed by atoms with Crippen LogP contribution < -0.4 is 16.2 Å². The molecule has 2 aromatic heterocycles. The number of nitrogens with one attached hydrogen (secondary N) is 1. The number of nitrogens with zero attached hydrogens (tertiary/aromatic N) is 4. The Kier molecular flexibility index (Phi) is 5.24. The molecule has 0 amide bonds. The third-order valence-corrected chi connectivity index (χ3v) is 6.58. The Morgan fingerprint density at radius 1 is 1.17 bits per heavy atom. The lowest BCUT2D eigenvalue weighted by atomic mass is 10.1. The van der Waals surface area contributed by atoms with E-state index >= 15 is 0 Å². The molecule has 4 heterocycles. The van der Waals surface area contributed by atoms with Gasteiger partial charge < -0.3 is 20.4 Å². The van der Waals surface area contributed by atoms with E-state index in [0.29, 0.717) is 18.1 Å². The maximum absolute atomic E-state index is 12.8. The van der Waals surface area contributed by atoms with Crippen LogP contribution in [0.3, 0.4) is 0 Å². The Morgan fingerprint density at radius 3 is 2.77 bits per heavy atom.